The molecule has 10 nitrogen and oxygen atoms in total. The molecule has 3 aromatic heterocycles. The van der Waals surface area contributed by atoms with E-state index in [1.54, 1.807) is 6.07 Å². The van der Waals surface area contributed by atoms with Gasteiger partial charge in [-0.25, -0.2) is 4.79 Å². The summed E-state index contributed by atoms with van der Waals surface area (Å²) in [6.45, 7) is 4.38. The number of furan rings is 2. The van der Waals surface area contributed by atoms with Gasteiger partial charge < -0.3 is 33.0 Å². The number of nitrogens with zero attached hydrogens (tertiary/aromatic N) is 2. The number of fused-ring (bicyclic) bond motifs is 3. The summed E-state index contributed by atoms with van der Waals surface area (Å²) in [7, 11) is 0. The third kappa shape index (κ3) is 4.03. The van der Waals surface area contributed by atoms with Gasteiger partial charge in [0.15, 0.2) is 18.5 Å². The first-order chi connectivity index (χ1) is 16.4. The minimum atomic E-state index is -2.04. The Balaban J connectivity index is 1.29. The topological polar surface area (TPSA) is 128 Å². The number of hydrogen-bond acceptors (Lipinski definition) is 8. The molecule has 2 N–H and O–H groups in total. The Kier molecular flexibility index (Phi) is 5.78. The zero-order valence-electron chi connectivity index (χ0n) is 18.9. The summed E-state index contributed by atoms with van der Waals surface area (Å²) in [5.41, 5.74) is -1.51. The van der Waals surface area contributed by atoms with E-state index < -0.39 is 17.7 Å². The number of aryl methyl sites for hydroxylation is 1. The largest absolute Gasteiger partial charge is 0.472 e. The summed E-state index contributed by atoms with van der Waals surface area (Å²) in [4.78, 5) is 26.1. The standard InChI is InChI=1S/C24H27N3O7/c1-2-19-11-21(26-34-19)25-22(28)13-27-7-3-16(4-8-27)20(12-27)33-23(29)24(30,17-5-9-31-14-17)18-6-10-32-15-18/h5-6,9-11,14-16,20,30H,2-4,7-8,12-13H2,1H3/p+1/t16?,20-,27?/m0/s1. The molecule has 3 saturated heterocycles. The molecule has 0 radical (unpaired) electrons. The van der Waals surface area contributed by atoms with E-state index in [0.717, 1.165) is 25.9 Å². The fourth-order valence-corrected chi connectivity index (χ4v) is 5.17. The van der Waals surface area contributed by atoms with Crippen molar-refractivity contribution in [2.75, 3.05) is 31.5 Å². The van der Waals surface area contributed by atoms with Crippen molar-refractivity contribution >= 4 is 17.7 Å². The van der Waals surface area contributed by atoms with Crippen LogP contribution in [0.15, 0.2) is 56.6 Å². The molecule has 0 spiro atoms. The first-order valence-corrected chi connectivity index (χ1v) is 11.5. The van der Waals surface area contributed by atoms with Gasteiger partial charge in [0.1, 0.15) is 12.3 Å². The molecule has 0 saturated carbocycles. The molecule has 3 aromatic rings. The SMILES string of the molecule is CCc1cc(NC(=O)C[N+]23CCC(CC2)[C@@H](OC(=O)C(O)(c2ccoc2)c2ccoc2)C3)no1. The number of nitrogens with one attached hydrogen (secondary N) is 1. The van der Waals surface area contributed by atoms with E-state index in [1.807, 2.05) is 6.92 Å². The van der Waals surface area contributed by atoms with E-state index >= 15 is 0 Å². The van der Waals surface area contributed by atoms with E-state index in [0.29, 0.717) is 29.0 Å². The molecular weight excluding hydrogens is 442 g/mol. The van der Waals surface area contributed by atoms with Crippen molar-refractivity contribution in [3.63, 3.8) is 0 Å². The lowest BCUT2D eigenvalue weighted by atomic mass is 9.82. The lowest BCUT2D eigenvalue weighted by Crippen LogP contribution is -2.66. The quantitative estimate of drug-likeness (QED) is 0.380. The number of aliphatic hydroxyl groups is 1. The molecule has 180 valence electrons. The van der Waals surface area contributed by atoms with Gasteiger partial charge in [-0.1, -0.05) is 12.1 Å². The summed E-state index contributed by atoms with van der Waals surface area (Å²) >= 11 is 0. The van der Waals surface area contributed by atoms with Crippen LogP contribution in [0.5, 0.6) is 0 Å². The lowest BCUT2D eigenvalue weighted by Gasteiger charge is -2.51. The van der Waals surface area contributed by atoms with Crippen LogP contribution in [0.3, 0.4) is 0 Å². The van der Waals surface area contributed by atoms with Crippen LogP contribution in [0.25, 0.3) is 0 Å². The van der Waals surface area contributed by atoms with Gasteiger partial charge in [0.2, 0.25) is 5.60 Å². The van der Waals surface area contributed by atoms with Crippen molar-refractivity contribution in [2.45, 2.75) is 37.9 Å². The van der Waals surface area contributed by atoms with Gasteiger partial charge in [-0.15, -0.1) is 0 Å². The number of esters is 1. The van der Waals surface area contributed by atoms with Gasteiger partial charge in [0.25, 0.3) is 5.91 Å². The summed E-state index contributed by atoms with van der Waals surface area (Å²) in [6.07, 6.45) is 7.37. The van der Waals surface area contributed by atoms with Crippen LogP contribution in [-0.2, 0) is 26.3 Å². The Morgan fingerprint density at radius 2 is 1.88 bits per heavy atom. The Morgan fingerprint density at radius 3 is 2.44 bits per heavy atom. The molecule has 3 fully saturated rings. The summed E-state index contributed by atoms with van der Waals surface area (Å²) in [6, 6.07) is 4.77. The zero-order valence-corrected chi connectivity index (χ0v) is 18.9. The molecule has 34 heavy (non-hydrogen) atoms. The molecule has 6 heterocycles. The monoisotopic (exact) mass is 470 g/mol. The second-order valence-corrected chi connectivity index (χ2v) is 9.23. The zero-order chi connectivity index (χ0) is 23.8. The Hall–Kier alpha value is -3.37. The number of rotatable bonds is 8. The van der Waals surface area contributed by atoms with Crippen molar-refractivity contribution < 1.29 is 37.3 Å². The van der Waals surface area contributed by atoms with Crippen LogP contribution in [0, 0.1) is 5.92 Å². The van der Waals surface area contributed by atoms with Gasteiger partial charge >= 0.3 is 5.97 Å². The molecule has 1 amide bonds. The van der Waals surface area contributed by atoms with Crippen molar-refractivity contribution in [2.24, 2.45) is 5.92 Å². The van der Waals surface area contributed by atoms with Gasteiger partial charge in [-0.05, 0) is 12.1 Å². The van der Waals surface area contributed by atoms with Gasteiger partial charge in [-0.3, -0.25) is 4.79 Å². The first-order valence-electron chi connectivity index (χ1n) is 11.5. The van der Waals surface area contributed by atoms with E-state index in [2.05, 4.69) is 10.5 Å². The second-order valence-electron chi connectivity index (χ2n) is 9.23. The Bertz CT molecular complexity index is 1090. The highest BCUT2D eigenvalue weighted by atomic mass is 16.6. The van der Waals surface area contributed by atoms with Gasteiger partial charge in [0.05, 0.1) is 38.1 Å². The number of quaternary nitrogens is 1. The van der Waals surface area contributed by atoms with Crippen LogP contribution < -0.4 is 5.32 Å². The molecule has 0 aliphatic carbocycles. The maximum atomic E-state index is 13.3. The van der Waals surface area contributed by atoms with Gasteiger partial charge in [0, 0.05) is 42.4 Å². The maximum absolute atomic E-state index is 13.3. The number of aromatic nitrogens is 1. The average molecular weight is 471 g/mol. The van der Waals surface area contributed by atoms with E-state index in [1.165, 1.54) is 37.2 Å². The van der Waals surface area contributed by atoms with E-state index in [4.69, 9.17) is 18.1 Å². The van der Waals surface area contributed by atoms with Crippen molar-refractivity contribution in [1.29, 1.82) is 0 Å². The molecule has 6 rings (SSSR count). The second kappa shape index (κ2) is 8.77. The molecular formula is C24H28N3O7+. The Morgan fingerprint density at radius 1 is 1.21 bits per heavy atom. The maximum Gasteiger partial charge on any atom is 0.348 e. The number of carbonyl (C=O) groups is 2. The molecule has 1 atom stereocenters. The van der Waals surface area contributed by atoms with Crippen LogP contribution >= 0.6 is 0 Å². The number of amides is 1. The number of ether oxygens (including phenoxy) is 1. The Labute approximate surface area is 196 Å². The third-order valence-corrected chi connectivity index (χ3v) is 7.13. The highest BCUT2D eigenvalue weighted by Gasteiger charge is 2.51. The van der Waals surface area contributed by atoms with Crippen LogP contribution in [0.1, 0.15) is 36.7 Å². The van der Waals surface area contributed by atoms with Crippen molar-refractivity contribution in [3.8, 4) is 0 Å². The van der Waals surface area contributed by atoms with Gasteiger partial charge in [-0.2, -0.15) is 0 Å². The highest BCUT2D eigenvalue weighted by molar-refractivity contribution is 5.90. The third-order valence-electron chi connectivity index (χ3n) is 7.13. The fraction of sp³-hybridized carbons (Fsp3) is 0.458. The molecule has 0 unspecified atom stereocenters. The summed E-state index contributed by atoms with van der Waals surface area (Å²) < 4.78 is 21.8. The smallest absolute Gasteiger partial charge is 0.348 e. The number of anilines is 1. The van der Waals surface area contributed by atoms with E-state index in [-0.39, 0.29) is 29.5 Å². The van der Waals surface area contributed by atoms with Crippen LogP contribution in [-0.4, -0.2) is 58.9 Å². The molecule has 3 aliphatic rings. The first kappa shape index (κ1) is 22.4. The summed E-state index contributed by atoms with van der Waals surface area (Å²) in [5.74, 6) is 0.352. The fourth-order valence-electron chi connectivity index (χ4n) is 5.17. The minimum Gasteiger partial charge on any atom is -0.472 e. The van der Waals surface area contributed by atoms with Crippen molar-refractivity contribution in [3.05, 3.63) is 60.1 Å². The molecule has 10 heteroatoms. The minimum absolute atomic E-state index is 0.158. The number of piperidine rings is 3. The van der Waals surface area contributed by atoms with Crippen LogP contribution in [0.4, 0.5) is 5.82 Å². The lowest BCUT2D eigenvalue weighted by molar-refractivity contribution is -0.939. The molecule has 2 bridgehead atoms. The number of carbonyl (C=O) groups excluding carboxylic acids is 2. The normalized spacial score (nSPS) is 24.2. The summed E-state index contributed by atoms with van der Waals surface area (Å²) in [5, 5.41) is 18.1. The predicted octanol–water partition coefficient (Wildman–Crippen LogP) is 2.45. The van der Waals surface area contributed by atoms with Crippen molar-refractivity contribution in [1.82, 2.24) is 5.16 Å². The number of hydrogen-bond donors (Lipinski definition) is 2. The molecule has 0 aromatic carbocycles. The predicted molar refractivity (Wildman–Crippen MR) is 117 cm³/mol. The van der Waals surface area contributed by atoms with Crippen LogP contribution in [0.2, 0.25) is 0 Å². The molecule has 3 aliphatic heterocycles. The van der Waals surface area contributed by atoms with E-state index in [9.17, 15) is 14.7 Å². The average Bonchev–Trinajstić information content (AvgIpc) is 3.62. The highest BCUT2D eigenvalue weighted by Crippen LogP contribution is 2.38.